The predicted molar refractivity (Wildman–Crippen MR) is 97.5 cm³/mol. The number of rotatable bonds is 1. The summed E-state index contributed by atoms with van der Waals surface area (Å²) in [5.41, 5.74) is 8.64. The van der Waals surface area contributed by atoms with Gasteiger partial charge in [-0.25, -0.2) is 5.32 Å². The fraction of sp³-hybridized carbons (Fsp3) is 0.182. The van der Waals surface area contributed by atoms with E-state index in [-0.39, 0.29) is 5.41 Å². The van der Waals surface area contributed by atoms with Gasteiger partial charge in [-0.1, -0.05) is 63.2 Å². The summed E-state index contributed by atoms with van der Waals surface area (Å²) in [5.74, 6) is 0. The number of fused-ring (bicyclic) bond motifs is 3. The van der Waals surface area contributed by atoms with Crippen molar-refractivity contribution in [2.45, 2.75) is 26.2 Å². The largest absolute Gasteiger partial charge is 0.248 e. The van der Waals surface area contributed by atoms with E-state index < -0.39 is 0 Å². The third kappa shape index (κ3) is 2.43. The molecular weight excluding hydrogens is 278 g/mol. The SMILES string of the molecule is CC(C)(C)c1ccc2c(c1)-c1cc(-c3ccccc3)ccc1[N]2. The maximum absolute atomic E-state index is 4.77. The zero-order valence-corrected chi connectivity index (χ0v) is 13.8. The predicted octanol–water partition coefficient (Wildman–Crippen LogP) is 6.20. The first-order valence-electron chi connectivity index (χ1n) is 8.08. The third-order valence-corrected chi connectivity index (χ3v) is 4.50. The van der Waals surface area contributed by atoms with Crippen molar-refractivity contribution in [3.8, 4) is 22.3 Å². The van der Waals surface area contributed by atoms with Gasteiger partial charge in [-0.3, -0.25) is 0 Å². The van der Waals surface area contributed by atoms with E-state index in [0.717, 1.165) is 11.4 Å². The zero-order chi connectivity index (χ0) is 16.0. The van der Waals surface area contributed by atoms with E-state index >= 15 is 0 Å². The molecule has 0 amide bonds. The lowest BCUT2D eigenvalue weighted by Crippen LogP contribution is -2.10. The summed E-state index contributed by atoms with van der Waals surface area (Å²) >= 11 is 0. The van der Waals surface area contributed by atoms with E-state index in [1.165, 1.54) is 27.8 Å². The van der Waals surface area contributed by atoms with Gasteiger partial charge in [0, 0.05) is 11.1 Å². The van der Waals surface area contributed by atoms with Crippen LogP contribution in [0.3, 0.4) is 0 Å². The van der Waals surface area contributed by atoms with Gasteiger partial charge in [0.2, 0.25) is 0 Å². The van der Waals surface area contributed by atoms with Gasteiger partial charge >= 0.3 is 0 Å². The molecule has 1 aliphatic rings. The van der Waals surface area contributed by atoms with Crippen LogP contribution in [0.1, 0.15) is 26.3 Å². The normalized spacial score (nSPS) is 12.5. The molecule has 1 aliphatic heterocycles. The highest BCUT2D eigenvalue weighted by Crippen LogP contribution is 2.45. The smallest absolute Gasteiger partial charge is 0.0716 e. The minimum atomic E-state index is 0.148. The highest BCUT2D eigenvalue weighted by molar-refractivity contribution is 5.93. The molecule has 0 atom stereocenters. The lowest BCUT2D eigenvalue weighted by atomic mass is 9.85. The summed E-state index contributed by atoms with van der Waals surface area (Å²) in [7, 11) is 0. The first kappa shape index (κ1) is 14.1. The summed E-state index contributed by atoms with van der Waals surface area (Å²) in [4.78, 5) is 0. The van der Waals surface area contributed by atoms with Crippen molar-refractivity contribution in [1.82, 2.24) is 5.32 Å². The van der Waals surface area contributed by atoms with Gasteiger partial charge in [-0.2, -0.15) is 0 Å². The summed E-state index contributed by atoms with van der Waals surface area (Å²) in [6, 6.07) is 23.7. The molecule has 0 unspecified atom stereocenters. The fourth-order valence-electron chi connectivity index (χ4n) is 3.10. The van der Waals surface area contributed by atoms with Crippen molar-refractivity contribution >= 4 is 11.4 Å². The molecule has 0 spiro atoms. The van der Waals surface area contributed by atoms with Crippen molar-refractivity contribution in [3.05, 3.63) is 72.3 Å². The topological polar surface area (TPSA) is 14.1 Å². The second-order valence-electron chi connectivity index (χ2n) is 7.19. The van der Waals surface area contributed by atoms with Crippen LogP contribution in [0.15, 0.2) is 66.7 Å². The molecule has 0 fully saturated rings. The Balaban J connectivity index is 1.85. The van der Waals surface area contributed by atoms with E-state index in [1.807, 2.05) is 0 Å². The van der Waals surface area contributed by atoms with Gasteiger partial charge in [-0.15, -0.1) is 0 Å². The van der Waals surface area contributed by atoms with Gasteiger partial charge in [0.25, 0.3) is 0 Å². The van der Waals surface area contributed by atoms with Gasteiger partial charge in [0.1, 0.15) is 0 Å². The molecule has 1 radical (unpaired) electrons. The Morgan fingerprint density at radius 1 is 0.652 bits per heavy atom. The Kier molecular flexibility index (Phi) is 3.05. The quantitative estimate of drug-likeness (QED) is 0.397. The molecule has 0 saturated heterocycles. The average Bonchev–Trinajstić information content (AvgIpc) is 2.92. The zero-order valence-electron chi connectivity index (χ0n) is 13.8. The highest BCUT2D eigenvalue weighted by Gasteiger charge is 2.23. The van der Waals surface area contributed by atoms with Crippen LogP contribution >= 0.6 is 0 Å². The molecule has 1 heteroatoms. The first-order valence-corrected chi connectivity index (χ1v) is 8.08. The molecular formula is C22H20N. The van der Waals surface area contributed by atoms with Crippen molar-refractivity contribution in [1.29, 1.82) is 0 Å². The van der Waals surface area contributed by atoms with Crippen LogP contribution in [0.25, 0.3) is 22.3 Å². The van der Waals surface area contributed by atoms with Crippen LogP contribution < -0.4 is 5.32 Å². The second-order valence-corrected chi connectivity index (χ2v) is 7.19. The third-order valence-electron chi connectivity index (χ3n) is 4.50. The van der Waals surface area contributed by atoms with Crippen LogP contribution in [0, 0.1) is 0 Å². The fourth-order valence-corrected chi connectivity index (χ4v) is 3.10. The Labute approximate surface area is 138 Å². The highest BCUT2D eigenvalue weighted by atomic mass is 14.9. The summed E-state index contributed by atoms with van der Waals surface area (Å²) < 4.78 is 0. The van der Waals surface area contributed by atoms with E-state index in [9.17, 15) is 0 Å². The Bertz CT molecular complexity index is 870. The summed E-state index contributed by atoms with van der Waals surface area (Å²) in [5, 5.41) is 4.77. The molecule has 113 valence electrons. The minimum Gasteiger partial charge on any atom is -0.248 e. The Morgan fingerprint density at radius 3 is 2.00 bits per heavy atom. The van der Waals surface area contributed by atoms with E-state index in [2.05, 4.69) is 87.5 Å². The van der Waals surface area contributed by atoms with Crippen LogP contribution in [-0.4, -0.2) is 0 Å². The average molecular weight is 298 g/mol. The Morgan fingerprint density at radius 2 is 1.30 bits per heavy atom. The number of nitrogens with zero attached hydrogens (tertiary/aromatic N) is 1. The van der Waals surface area contributed by atoms with E-state index in [1.54, 1.807) is 0 Å². The number of benzene rings is 3. The minimum absolute atomic E-state index is 0.148. The maximum atomic E-state index is 4.77. The molecule has 0 aromatic heterocycles. The van der Waals surface area contributed by atoms with Crippen molar-refractivity contribution in [2.75, 3.05) is 0 Å². The monoisotopic (exact) mass is 298 g/mol. The van der Waals surface area contributed by atoms with E-state index in [0.29, 0.717) is 0 Å². The van der Waals surface area contributed by atoms with Gasteiger partial charge in [-0.05, 0) is 46.4 Å². The summed E-state index contributed by atoms with van der Waals surface area (Å²) in [6.07, 6.45) is 0. The molecule has 0 bridgehead atoms. The van der Waals surface area contributed by atoms with Crippen molar-refractivity contribution < 1.29 is 0 Å². The molecule has 1 nitrogen and oxygen atoms in total. The lowest BCUT2D eigenvalue weighted by Gasteiger charge is -2.19. The van der Waals surface area contributed by atoms with Crippen LogP contribution in [0.2, 0.25) is 0 Å². The second kappa shape index (κ2) is 4.99. The molecule has 0 saturated carbocycles. The molecule has 23 heavy (non-hydrogen) atoms. The van der Waals surface area contributed by atoms with Crippen LogP contribution in [0.4, 0.5) is 11.4 Å². The number of hydrogen-bond donors (Lipinski definition) is 0. The van der Waals surface area contributed by atoms with Crippen LogP contribution in [0.5, 0.6) is 0 Å². The van der Waals surface area contributed by atoms with Crippen molar-refractivity contribution in [2.24, 2.45) is 0 Å². The molecule has 3 aromatic rings. The van der Waals surface area contributed by atoms with Gasteiger partial charge < -0.3 is 0 Å². The van der Waals surface area contributed by atoms with E-state index in [4.69, 9.17) is 5.32 Å². The summed E-state index contributed by atoms with van der Waals surface area (Å²) in [6.45, 7) is 6.76. The van der Waals surface area contributed by atoms with Crippen molar-refractivity contribution in [3.63, 3.8) is 0 Å². The standard InChI is InChI=1S/C22H20N/c1-22(2,3)17-10-12-21-19(14-17)18-13-16(9-11-20(18)23-21)15-7-5-4-6-8-15/h4-14H,1-3H3. The van der Waals surface area contributed by atoms with Gasteiger partial charge in [0.15, 0.2) is 0 Å². The molecule has 0 N–H and O–H groups in total. The van der Waals surface area contributed by atoms with Gasteiger partial charge in [0.05, 0.1) is 11.4 Å². The molecule has 0 aliphatic carbocycles. The molecule has 1 heterocycles. The lowest BCUT2D eigenvalue weighted by molar-refractivity contribution is 0.590. The molecule has 3 aromatic carbocycles. The number of hydrogen-bond acceptors (Lipinski definition) is 0. The Hall–Kier alpha value is -2.54. The maximum Gasteiger partial charge on any atom is 0.0716 e. The van der Waals surface area contributed by atoms with Crippen LogP contribution in [-0.2, 0) is 5.41 Å². The first-order chi connectivity index (χ1) is 11.0. The molecule has 4 rings (SSSR count).